The number of hydroxylamine groups is 2. The summed E-state index contributed by atoms with van der Waals surface area (Å²) in [5.74, 6) is 0. The van der Waals surface area contributed by atoms with Gasteiger partial charge in [-0.25, -0.2) is 0 Å². The van der Waals surface area contributed by atoms with Gasteiger partial charge in [-0.3, -0.25) is 20.0 Å². The van der Waals surface area contributed by atoms with Gasteiger partial charge in [0, 0.05) is 18.5 Å². The zero-order valence-corrected chi connectivity index (χ0v) is 14.0. The maximum absolute atomic E-state index is 5.56. The van der Waals surface area contributed by atoms with Gasteiger partial charge in [-0.05, 0) is 47.2 Å². The summed E-state index contributed by atoms with van der Waals surface area (Å²) in [4.78, 5) is 0. The molecule has 0 spiro atoms. The third kappa shape index (κ3) is 6.06. The van der Waals surface area contributed by atoms with Crippen molar-refractivity contribution in [2.24, 2.45) is 0 Å². The molecule has 0 aromatic heterocycles. The van der Waals surface area contributed by atoms with Crippen LogP contribution >= 0.6 is 0 Å². The van der Waals surface area contributed by atoms with Crippen molar-refractivity contribution < 1.29 is 13.5 Å². The monoisotopic (exact) mass is 286 g/mol. The second-order valence-electron chi connectivity index (χ2n) is 4.67. The van der Waals surface area contributed by atoms with Crippen molar-refractivity contribution in [3.63, 3.8) is 0 Å². The molecule has 0 bridgehead atoms. The maximum Gasteiger partial charge on any atom is 0.572 e. The smallest absolute Gasteiger partial charge is 0.372 e. The van der Waals surface area contributed by atoms with E-state index in [1.54, 1.807) is 5.70 Å². The number of hydrogen-bond acceptors (Lipinski definition) is 5. The van der Waals surface area contributed by atoms with Gasteiger partial charge in [0.1, 0.15) is 0 Å². The van der Waals surface area contributed by atoms with Crippen LogP contribution in [0.1, 0.15) is 41.5 Å². The standard InChI is InChI=1S/C13H26N2O3Si/c1-9-19(16-8,17-14-12(6)10(2)3)18-15-13(7)11(4)5/h9,14-15H,1H2,2-8H3. The Kier molecular flexibility index (Phi) is 7.70. The molecular formula is C13H26N2O3Si. The highest BCUT2D eigenvalue weighted by molar-refractivity contribution is 6.65. The quantitative estimate of drug-likeness (QED) is 0.531. The Morgan fingerprint density at radius 3 is 1.47 bits per heavy atom. The van der Waals surface area contributed by atoms with E-state index in [1.807, 2.05) is 41.5 Å². The van der Waals surface area contributed by atoms with Crippen LogP contribution in [0.15, 0.2) is 34.8 Å². The highest BCUT2D eigenvalue weighted by Gasteiger charge is 2.39. The fourth-order valence-corrected chi connectivity index (χ4v) is 1.90. The van der Waals surface area contributed by atoms with Crippen molar-refractivity contribution in [1.82, 2.24) is 11.0 Å². The summed E-state index contributed by atoms with van der Waals surface area (Å²) < 4.78 is 16.5. The lowest BCUT2D eigenvalue weighted by molar-refractivity contribution is 0.0282. The van der Waals surface area contributed by atoms with Crippen molar-refractivity contribution in [2.45, 2.75) is 41.5 Å². The number of rotatable bonds is 8. The van der Waals surface area contributed by atoms with Gasteiger partial charge in [-0.1, -0.05) is 17.7 Å². The van der Waals surface area contributed by atoms with Crippen LogP contribution in [0.25, 0.3) is 0 Å². The fourth-order valence-electron chi connectivity index (χ4n) is 0.770. The van der Waals surface area contributed by atoms with E-state index in [9.17, 15) is 0 Å². The van der Waals surface area contributed by atoms with Crippen LogP contribution in [-0.4, -0.2) is 15.9 Å². The van der Waals surface area contributed by atoms with E-state index in [0.717, 1.165) is 22.5 Å². The summed E-state index contributed by atoms with van der Waals surface area (Å²) in [6, 6.07) is 0. The molecule has 5 nitrogen and oxygen atoms in total. The SMILES string of the molecule is C=C[Si](OC)(ONC(C)=C(C)C)ONC(C)=C(C)C. The number of hydrogen-bond donors (Lipinski definition) is 2. The van der Waals surface area contributed by atoms with Gasteiger partial charge in [0.25, 0.3) is 0 Å². The maximum atomic E-state index is 5.56. The molecule has 0 radical (unpaired) electrons. The first-order valence-corrected chi connectivity index (χ1v) is 7.93. The van der Waals surface area contributed by atoms with Crippen molar-refractivity contribution in [2.75, 3.05) is 7.11 Å². The van der Waals surface area contributed by atoms with Crippen molar-refractivity contribution >= 4 is 8.80 Å². The van der Waals surface area contributed by atoms with E-state index in [0.29, 0.717) is 0 Å². The lowest BCUT2D eigenvalue weighted by atomic mass is 10.3. The molecule has 0 aliphatic rings. The Morgan fingerprint density at radius 2 is 1.26 bits per heavy atom. The zero-order valence-electron chi connectivity index (χ0n) is 13.0. The highest BCUT2D eigenvalue weighted by atomic mass is 28.4. The van der Waals surface area contributed by atoms with Crippen molar-refractivity contribution in [3.8, 4) is 0 Å². The molecule has 0 fully saturated rings. The van der Waals surface area contributed by atoms with Gasteiger partial charge in [-0.15, -0.1) is 0 Å². The van der Waals surface area contributed by atoms with Crippen LogP contribution in [0.4, 0.5) is 0 Å². The van der Waals surface area contributed by atoms with Crippen LogP contribution in [0.3, 0.4) is 0 Å². The fraction of sp³-hybridized carbons (Fsp3) is 0.538. The van der Waals surface area contributed by atoms with Crippen molar-refractivity contribution in [3.05, 3.63) is 34.8 Å². The molecule has 0 heterocycles. The normalized spacial score (nSPS) is 10.7. The summed E-state index contributed by atoms with van der Waals surface area (Å²) in [5, 5.41) is 0. The molecule has 0 rings (SSSR count). The Bertz CT molecular complexity index is 342. The highest BCUT2D eigenvalue weighted by Crippen LogP contribution is 2.10. The Labute approximate surface area is 117 Å². The van der Waals surface area contributed by atoms with Gasteiger partial charge < -0.3 is 4.43 Å². The second-order valence-corrected chi connectivity index (χ2v) is 7.10. The Balaban J connectivity index is 4.73. The Hall–Kier alpha value is -1.08. The first kappa shape index (κ1) is 17.9. The van der Waals surface area contributed by atoms with Crippen LogP contribution < -0.4 is 11.0 Å². The summed E-state index contributed by atoms with van der Waals surface area (Å²) >= 11 is 0. The van der Waals surface area contributed by atoms with Gasteiger partial charge in [0.15, 0.2) is 0 Å². The van der Waals surface area contributed by atoms with Crippen LogP contribution in [0, 0.1) is 0 Å². The predicted octanol–water partition coefficient (Wildman–Crippen LogP) is 2.97. The van der Waals surface area contributed by atoms with Crippen molar-refractivity contribution in [1.29, 1.82) is 0 Å². The summed E-state index contributed by atoms with van der Waals surface area (Å²) in [6.45, 7) is 15.5. The summed E-state index contributed by atoms with van der Waals surface area (Å²) in [6.07, 6.45) is 0. The molecular weight excluding hydrogens is 260 g/mol. The molecule has 0 aromatic carbocycles. The van der Waals surface area contributed by atoms with Gasteiger partial charge >= 0.3 is 8.80 Å². The number of nitrogens with one attached hydrogen (secondary N) is 2. The minimum atomic E-state index is -2.99. The van der Waals surface area contributed by atoms with E-state index in [-0.39, 0.29) is 0 Å². The molecule has 2 N–H and O–H groups in total. The third-order valence-electron chi connectivity index (χ3n) is 2.73. The molecule has 0 saturated heterocycles. The predicted molar refractivity (Wildman–Crippen MR) is 79.5 cm³/mol. The molecule has 0 atom stereocenters. The van der Waals surface area contributed by atoms with E-state index in [2.05, 4.69) is 17.5 Å². The average molecular weight is 286 g/mol. The summed E-state index contributed by atoms with van der Waals surface area (Å²) in [5.41, 5.74) is 11.3. The Morgan fingerprint density at radius 1 is 0.895 bits per heavy atom. The lowest BCUT2D eigenvalue weighted by Gasteiger charge is -2.25. The molecule has 0 amide bonds. The zero-order chi connectivity index (χ0) is 15.1. The molecule has 0 aliphatic heterocycles. The van der Waals surface area contributed by atoms with E-state index < -0.39 is 8.80 Å². The molecule has 0 aliphatic carbocycles. The number of allylic oxidation sites excluding steroid dienone is 4. The van der Waals surface area contributed by atoms with Crippen LogP contribution in [0.5, 0.6) is 0 Å². The first-order valence-electron chi connectivity index (χ1n) is 6.13. The second kappa shape index (κ2) is 8.16. The first-order chi connectivity index (χ1) is 8.78. The van der Waals surface area contributed by atoms with Crippen LogP contribution in [0.2, 0.25) is 0 Å². The van der Waals surface area contributed by atoms with Gasteiger partial charge in [0.2, 0.25) is 0 Å². The molecule has 0 saturated carbocycles. The summed E-state index contributed by atoms with van der Waals surface area (Å²) in [7, 11) is -1.45. The molecule has 6 heteroatoms. The van der Waals surface area contributed by atoms with E-state index in [1.165, 1.54) is 7.11 Å². The van der Waals surface area contributed by atoms with Gasteiger partial charge in [0.05, 0.1) is 0 Å². The minimum Gasteiger partial charge on any atom is -0.372 e. The molecule has 0 aromatic rings. The average Bonchev–Trinajstić information content (AvgIpc) is 2.38. The largest absolute Gasteiger partial charge is 0.572 e. The third-order valence-corrected chi connectivity index (χ3v) is 4.57. The molecule has 19 heavy (non-hydrogen) atoms. The van der Waals surface area contributed by atoms with Gasteiger partial charge in [-0.2, -0.15) is 0 Å². The molecule has 110 valence electrons. The minimum absolute atomic E-state index is 0.915. The van der Waals surface area contributed by atoms with Crippen LogP contribution in [-0.2, 0) is 13.5 Å². The van der Waals surface area contributed by atoms with E-state index in [4.69, 9.17) is 13.5 Å². The van der Waals surface area contributed by atoms with E-state index >= 15 is 0 Å². The lowest BCUT2D eigenvalue weighted by Crippen LogP contribution is -2.50. The molecule has 0 unspecified atom stereocenters. The topological polar surface area (TPSA) is 51.8 Å².